The first-order chi connectivity index (χ1) is 12.4. The van der Waals surface area contributed by atoms with Crippen LogP contribution in [0.15, 0.2) is 41.3 Å². The Morgan fingerprint density at radius 1 is 0.808 bits per heavy atom. The highest BCUT2D eigenvalue weighted by molar-refractivity contribution is 7.92. The Morgan fingerprint density at radius 2 is 1.42 bits per heavy atom. The van der Waals surface area contributed by atoms with E-state index in [-0.39, 0.29) is 4.90 Å². The molecule has 0 aliphatic carbocycles. The maximum Gasteiger partial charge on any atom is 0.262 e. The van der Waals surface area contributed by atoms with Gasteiger partial charge in [-0.25, -0.2) is 8.42 Å². The largest absolute Gasteiger partial charge is 0.493 e. The topological polar surface area (TPSA) is 83.1 Å². The van der Waals surface area contributed by atoms with Gasteiger partial charge >= 0.3 is 0 Å². The van der Waals surface area contributed by atoms with Crippen LogP contribution in [0, 0.1) is 0 Å². The van der Waals surface area contributed by atoms with Crippen molar-refractivity contribution in [2.24, 2.45) is 0 Å². The molecule has 0 atom stereocenters. The van der Waals surface area contributed by atoms with Crippen LogP contribution >= 0.6 is 0 Å². The van der Waals surface area contributed by atoms with E-state index in [0.717, 1.165) is 0 Å². The molecule has 0 aromatic heterocycles. The molecule has 0 aliphatic heterocycles. The Bertz CT molecular complexity index is 851. The molecule has 8 heteroatoms. The molecule has 142 valence electrons. The monoisotopic (exact) mass is 381 g/mol. The van der Waals surface area contributed by atoms with Crippen LogP contribution in [-0.4, -0.2) is 35.9 Å². The second-order valence-electron chi connectivity index (χ2n) is 5.15. The number of methoxy groups -OCH3 is 2. The van der Waals surface area contributed by atoms with Crippen molar-refractivity contribution < 1.29 is 27.4 Å². The molecule has 7 nitrogen and oxygen atoms in total. The molecular formula is C18H23NO6S. The van der Waals surface area contributed by atoms with Gasteiger partial charge in [-0.3, -0.25) is 4.72 Å². The minimum atomic E-state index is -3.81. The van der Waals surface area contributed by atoms with Gasteiger partial charge in [0, 0.05) is 12.1 Å². The maximum atomic E-state index is 12.7. The summed E-state index contributed by atoms with van der Waals surface area (Å²) in [6.07, 6.45) is 0. The highest BCUT2D eigenvalue weighted by atomic mass is 32.2. The number of nitrogens with one attached hydrogen (secondary N) is 1. The van der Waals surface area contributed by atoms with Gasteiger partial charge in [0.2, 0.25) is 0 Å². The van der Waals surface area contributed by atoms with Crippen molar-refractivity contribution in [1.82, 2.24) is 0 Å². The summed E-state index contributed by atoms with van der Waals surface area (Å²) in [6, 6.07) is 9.26. The summed E-state index contributed by atoms with van der Waals surface area (Å²) < 4.78 is 49.2. The van der Waals surface area contributed by atoms with Crippen LogP contribution in [0.4, 0.5) is 5.69 Å². The van der Waals surface area contributed by atoms with Crippen molar-refractivity contribution in [1.29, 1.82) is 0 Å². The first-order valence-corrected chi connectivity index (χ1v) is 9.58. The van der Waals surface area contributed by atoms with E-state index >= 15 is 0 Å². The van der Waals surface area contributed by atoms with Gasteiger partial charge in [0.15, 0.2) is 23.0 Å². The van der Waals surface area contributed by atoms with Gasteiger partial charge in [0.25, 0.3) is 10.0 Å². The molecule has 26 heavy (non-hydrogen) atoms. The third kappa shape index (κ3) is 4.51. The fourth-order valence-corrected chi connectivity index (χ4v) is 3.38. The van der Waals surface area contributed by atoms with Crippen LogP contribution in [-0.2, 0) is 10.0 Å². The van der Waals surface area contributed by atoms with Gasteiger partial charge in [-0.15, -0.1) is 0 Å². The van der Waals surface area contributed by atoms with Crippen molar-refractivity contribution in [2.75, 3.05) is 32.2 Å². The molecule has 0 bridgehead atoms. The number of hydrogen-bond donors (Lipinski definition) is 1. The Hall–Kier alpha value is -2.61. The van der Waals surface area contributed by atoms with Crippen LogP contribution in [0.25, 0.3) is 0 Å². The zero-order valence-corrected chi connectivity index (χ0v) is 16.1. The SMILES string of the molecule is CCOc1ccc(S(=O)(=O)Nc2ccc(OC)c(OC)c2)cc1OCC. The number of sulfonamides is 1. The fourth-order valence-electron chi connectivity index (χ4n) is 2.31. The van der Waals surface area contributed by atoms with Gasteiger partial charge in [0.1, 0.15) is 0 Å². The predicted molar refractivity (Wildman–Crippen MR) is 99.1 cm³/mol. The molecule has 0 saturated heterocycles. The van der Waals surface area contributed by atoms with Crippen molar-refractivity contribution in [2.45, 2.75) is 18.7 Å². The summed E-state index contributed by atoms with van der Waals surface area (Å²) in [6.45, 7) is 4.51. The Morgan fingerprint density at radius 3 is 2.04 bits per heavy atom. The third-order valence-corrected chi connectivity index (χ3v) is 4.84. The third-order valence-electron chi connectivity index (χ3n) is 3.46. The van der Waals surface area contributed by atoms with Crippen LogP contribution in [0.1, 0.15) is 13.8 Å². The van der Waals surface area contributed by atoms with E-state index in [1.165, 1.54) is 26.4 Å². The average molecular weight is 381 g/mol. The van der Waals surface area contributed by atoms with Crippen molar-refractivity contribution >= 4 is 15.7 Å². The molecular weight excluding hydrogens is 358 g/mol. The fraction of sp³-hybridized carbons (Fsp3) is 0.333. The zero-order valence-electron chi connectivity index (χ0n) is 15.2. The van der Waals surface area contributed by atoms with Crippen molar-refractivity contribution in [3.8, 4) is 23.0 Å². The highest BCUT2D eigenvalue weighted by Gasteiger charge is 2.18. The normalized spacial score (nSPS) is 10.9. The average Bonchev–Trinajstić information content (AvgIpc) is 2.63. The minimum Gasteiger partial charge on any atom is -0.493 e. The summed E-state index contributed by atoms with van der Waals surface area (Å²) in [5.41, 5.74) is 0.356. The van der Waals surface area contributed by atoms with E-state index in [9.17, 15) is 8.42 Å². The highest BCUT2D eigenvalue weighted by Crippen LogP contribution is 2.33. The molecule has 0 radical (unpaired) electrons. The predicted octanol–water partition coefficient (Wildman–Crippen LogP) is 3.30. The minimum absolute atomic E-state index is 0.0687. The van der Waals surface area contributed by atoms with Gasteiger partial charge in [-0.05, 0) is 38.1 Å². The van der Waals surface area contributed by atoms with Crippen LogP contribution < -0.4 is 23.7 Å². The summed E-state index contributed by atoms with van der Waals surface area (Å²) in [5.74, 6) is 1.81. The molecule has 0 amide bonds. The van der Waals surface area contributed by atoms with Crippen LogP contribution in [0.3, 0.4) is 0 Å². The Labute approximate surface area is 153 Å². The van der Waals surface area contributed by atoms with Crippen LogP contribution in [0.2, 0.25) is 0 Å². The molecule has 2 rings (SSSR count). The summed E-state index contributed by atoms with van der Waals surface area (Å²) in [4.78, 5) is 0.0687. The molecule has 0 fully saturated rings. The van der Waals surface area contributed by atoms with E-state index in [1.54, 1.807) is 24.3 Å². The van der Waals surface area contributed by atoms with Crippen molar-refractivity contribution in [3.05, 3.63) is 36.4 Å². The second-order valence-corrected chi connectivity index (χ2v) is 6.83. The van der Waals surface area contributed by atoms with Gasteiger partial charge in [0.05, 0.1) is 38.0 Å². The van der Waals surface area contributed by atoms with E-state index in [1.807, 2.05) is 13.8 Å². The van der Waals surface area contributed by atoms with Crippen LogP contribution in [0.5, 0.6) is 23.0 Å². The lowest BCUT2D eigenvalue weighted by Crippen LogP contribution is -2.13. The Balaban J connectivity index is 2.34. The van der Waals surface area contributed by atoms with Gasteiger partial charge in [-0.1, -0.05) is 0 Å². The first kappa shape index (κ1) is 19.7. The maximum absolute atomic E-state index is 12.7. The van der Waals surface area contributed by atoms with E-state index in [4.69, 9.17) is 18.9 Å². The summed E-state index contributed by atoms with van der Waals surface area (Å²) in [7, 11) is -0.818. The molecule has 2 aromatic rings. The lowest BCUT2D eigenvalue weighted by atomic mass is 10.3. The molecule has 0 spiro atoms. The first-order valence-electron chi connectivity index (χ1n) is 8.09. The van der Waals surface area contributed by atoms with Gasteiger partial charge in [-0.2, -0.15) is 0 Å². The van der Waals surface area contributed by atoms with Crippen molar-refractivity contribution in [3.63, 3.8) is 0 Å². The number of rotatable bonds is 9. The summed E-state index contributed by atoms with van der Waals surface area (Å²) in [5, 5.41) is 0. The lowest BCUT2D eigenvalue weighted by Gasteiger charge is -2.14. The van der Waals surface area contributed by atoms with E-state index < -0.39 is 10.0 Å². The lowest BCUT2D eigenvalue weighted by molar-refractivity contribution is 0.287. The molecule has 2 aromatic carbocycles. The second kappa shape index (κ2) is 8.66. The standard InChI is InChI=1S/C18H23NO6S/c1-5-24-16-10-8-14(12-18(16)25-6-2)26(20,21)19-13-7-9-15(22-3)17(11-13)23-4/h7-12,19H,5-6H2,1-4H3. The van der Waals surface area contributed by atoms with E-state index in [0.29, 0.717) is 41.9 Å². The molecule has 0 aliphatic rings. The number of anilines is 1. The number of ether oxygens (including phenoxy) is 4. The quantitative estimate of drug-likeness (QED) is 0.718. The van der Waals surface area contributed by atoms with Gasteiger partial charge < -0.3 is 18.9 Å². The smallest absolute Gasteiger partial charge is 0.262 e. The van der Waals surface area contributed by atoms with E-state index in [2.05, 4.69) is 4.72 Å². The zero-order chi connectivity index (χ0) is 19.2. The summed E-state index contributed by atoms with van der Waals surface area (Å²) >= 11 is 0. The molecule has 0 heterocycles. The molecule has 0 saturated carbocycles. The number of hydrogen-bond acceptors (Lipinski definition) is 6. The number of benzene rings is 2. The Kier molecular flexibility index (Phi) is 6.57. The molecule has 1 N–H and O–H groups in total. The molecule has 0 unspecified atom stereocenters.